The van der Waals surface area contributed by atoms with Crippen molar-refractivity contribution in [2.45, 2.75) is 94.1 Å². The molecule has 0 nitrogen and oxygen atoms in total. The standard InChI is InChI=1S/C17H32BrSi/c1-2-19-13-11-16(12-14-19)6-4-3-5-15-7-9-17(18)10-8-15/h15-17H,2-14H2,1H3. The van der Waals surface area contributed by atoms with Gasteiger partial charge in [0.1, 0.15) is 0 Å². The third-order valence-corrected chi connectivity index (χ3v) is 9.47. The molecule has 0 aromatic heterocycles. The first kappa shape index (κ1) is 16.1. The van der Waals surface area contributed by atoms with E-state index >= 15 is 0 Å². The van der Waals surface area contributed by atoms with Gasteiger partial charge in [-0.25, -0.2) is 0 Å². The minimum atomic E-state index is 0.124. The quantitative estimate of drug-likeness (QED) is 0.296. The Hall–Kier alpha value is 0.697. The summed E-state index contributed by atoms with van der Waals surface area (Å²) in [6.45, 7) is 2.41. The summed E-state index contributed by atoms with van der Waals surface area (Å²) in [5.74, 6) is 2.17. The number of hydrogen-bond acceptors (Lipinski definition) is 0. The fourth-order valence-electron chi connectivity index (χ4n) is 4.00. The van der Waals surface area contributed by atoms with Crippen molar-refractivity contribution in [2.24, 2.45) is 11.8 Å². The van der Waals surface area contributed by atoms with Gasteiger partial charge in [-0.05, 0) is 37.5 Å². The molecule has 1 aliphatic carbocycles. The molecule has 0 unspecified atom stereocenters. The van der Waals surface area contributed by atoms with Gasteiger partial charge in [0.25, 0.3) is 0 Å². The summed E-state index contributed by atoms with van der Waals surface area (Å²) in [6, 6.07) is 4.77. The maximum absolute atomic E-state index is 3.76. The number of unbranched alkanes of at least 4 members (excludes halogenated alkanes) is 1. The van der Waals surface area contributed by atoms with Gasteiger partial charge in [-0.3, -0.25) is 0 Å². The van der Waals surface area contributed by atoms with Crippen molar-refractivity contribution < 1.29 is 0 Å². The number of rotatable bonds is 6. The zero-order chi connectivity index (χ0) is 13.5. The molecule has 2 heteroatoms. The van der Waals surface area contributed by atoms with Crippen molar-refractivity contribution in [1.82, 2.24) is 0 Å². The second-order valence-electron chi connectivity index (χ2n) is 6.95. The number of alkyl halides is 1. The summed E-state index contributed by atoms with van der Waals surface area (Å²) in [5, 5.41) is 0. The lowest BCUT2D eigenvalue weighted by atomic mass is 9.85. The van der Waals surface area contributed by atoms with E-state index in [0.717, 1.165) is 16.7 Å². The summed E-state index contributed by atoms with van der Waals surface area (Å²) < 4.78 is 0. The van der Waals surface area contributed by atoms with Crippen molar-refractivity contribution in [3.63, 3.8) is 0 Å². The second-order valence-corrected chi connectivity index (χ2v) is 11.5. The third-order valence-electron chi connectivity index (χ3n) is 5.56. The molecular weight excluding hydrogens is 312 g/mol. The van der Waals surface area contributed by atoms with Crippen LogP contribution >= 0.6 is 15.9 Å². The number of hydrogen-bond donors (Lipinski definition) is 0. The van der Waals surface area contributed by atoms with E-state index in [0.29, 0.717) is 0 Å². The predicted octanol–water partition coefficient (Wildman–Crippen LogP) is 6.43. The van der Waals surface area contributed by atoms with E-state index in [1.54, 1.807) is 31.4 Å². The van der Waals surface area contributed by atoms with E-state index in [2.05, 4.69) is 22.9 Å². The van der Waals surface area contributed by atoms with E-state index in [1.165, 1.54) is 51.0 Å². The van der Waals surface area contributed by atoms with Gasteiger partial charge in [0.15, 0.2) is 0 Å². The Labute approximate surface area is 130 Å². The fourth-order valence-corrected chi connectivity index (χ4v) is 7.12. The van der Waals surface area contributed by atoms with Crippen LogP contribution in [0.3, 0.4) is 0 Å². The first-order chi connectivity index (χ1) is 9.28. The molecule has 2 fully saturated rings. The summed E-state index contributed by atoms with van der Waals surface area (Å²) in [4.78, 5) is 0.834. The molecule has 19 heavy (non-hydrogen) atoms. The Bertz CT molecular complexity index is 227. The molecule has 0 bridgehead atoms. The molecule has 1 heterocycles. The van der Waals surface area contributed by atoms with Crippen LogP contribution < -0.4 is 0 Å². The highest BCUT2D eigenvalue weighted by Crippen LogP contribution is 2.33. The van der Waals surface area contributed by atoms with Crippen LogP contribution in [0.4, 0.5) is 0 Å². The monoisotopic (exact) mass is 343 g/mol. The van der Waals surface area contributed by atoms with Gasteiger partial charge in [0, 0.05) is 13.6 Å². The van der Waals surface area contributed by atoms with E-state index < -0.39 is 0 Å². The van der Waals surface area contributed by atoms with Gasteiger partial charge in [-0.2, -0.15) is 0 Å². The van der Waals surface area contributed by atoms with Crippen molar-refractivity contribution in [1.29, 1.82) is 0 Å². The largest absolute Gasteiger partial charge is 0.0891 e. The van der Waals surface area contributed by atoms with Crippen LogP contribution in [0.5, 0.6) is 0 Å². The molecule has 2 aliphatic rings. The predicted molar refractivity (Wildman–Crippen MR) is 91.7 cm³/mol. The van der Waals surface area contributed by atoms with Gasteiger partial charge in [-0.15, -0.1) is 0 Å². The maximum Gasteiger partial charge on any atom is 0.0476 e. The number of halogens is 1. The Morgan fingerprint density at radius 1 is 0.842 bits per heavy atom. The lowest BCUT2D eigenvalue weighted by Crippen LogP contribution is -2.20. The van der Waals surface area contributed by atoms with E-state index in [4.69, 9.17) is 0 Å². The van der Waals surface area contributed by atoms with Crippen molar-refractivity contribution >= 4 is 24.7 Å². The minimum Gasteiger partial charge on any atom is -0.0891 e. The summed E-state index contributed by atoms with van der Waals surface area (Å²) >= 11 is 3.76. The molecule has 0 amide bonds. The molecule has 0 aromatic carbocycles. The highest BCUT2D eigenvalue weighted by molar-refractivity contribution is 9.09. The van der Waals surface area contributed by atoms with Gasteiger partial charge in [0.2, 0.25) is 0 Å². The van der Waals surface area contributed by atoms with Crippen LogP contribution in [0.2, 0.25) is 18.1 Å². The highest BCUT2D eigenvalue weighted by atomic mass is 79.9. The van der Waals surface area contributed by atoms with Crippen molar-refractivity contribution in [2.75, 3.05) is 0 Å². The second kappa shape index (κ2) is 8.87. The first-order valence-electron chi connectivity index (χ1n) is 8.75. The van der Waals surface area contributed by atoms with Crippen LogP contribution in [0.25, 0.3) is 0 Å². The average Bonchev–Trinajstić information content (AvgIpc) is 2.46. The maximum atomic E-state index is 3.76. The van der Waals surface area contributed by atoms with Gasteiger partial charge in [0.05, 0.1) is 0 Å². The molecule has 0 aromatic rings. The topological polar surface area (TPSA) is 0 Å². The molecule has 0 spiro atoms. The van der Waals surface area contributed by atoms with E-state index in [-0.39, 0.29) is 8.80 Å². The Balaban J connectivity index is 1.48. The minimum absolute atomic E-state index is 0.124. The Morgan fingerprint density at radius 2 is 1.37 bits per heavy atom. The molecule has 0 N–H and O–H groups in total. The first-order valence-corrected chi connectivity index (χ1v) is 11.8. The lowest BCUT2D eigenvalue weighted by Gasteiger charge is -2.27. The van der Waals surface area contributed by atoms with Gasteiger partial charge in [-0.1, -0.05) is 79.5 Å². The zero-order valence-corrected chi connectivity index (χ0v) is 15.4. The molecule has 1 saturated carbocycles. The average molecular weight is 344 g/mol. The summed E-state index contributed by atoms with van der Waals surface area (Å²) in [7, 11) is 0.124. The molecule has 111 valence electrons. The lowest BCUT2D eigenvalue weighted by molar-refractivity contribution is 0.327. The molecular formula is C17H32BrSi. The van der Waals surface area contributed by atoms with Crippen molar-refractivity contribution in [3.05, 3.63) is 0 Å². The van der Waals surface area contributed by atoms with Gasteiger partial charge < -0.3 is 0 Å². The van der Waals surface area contributed by atoms with Crippen LogP contribution in [0.1, 0.15) is 71.1 Å². The van der Waals surface area contributed by atoms with E-state index in [9.17, 15) is 0 Å². The Kier molecular flexibility index (Phi) is 7.50. The molecule has 1 aliphatic heterocycles. The van der Waals surface area contributed by atoms with Crippen LogP contribution in [-0.4, -0.2) is 13.6 Å². The highest BCUT2D eigenvalue weighted by Gasteiger charge is 2.21. The van der Waals surface area contributed by atoms with Crippen LogP contribution in [0.15, 0.2) is 0 Å². The van der Waals surface area contributed by atoms with E-state index in [1.807, 2.05) is 0 Å². The third kappa shape index (κ3) is 5.91. The molecule has 1 saturated heterocycles. The normalized spacial score (nSPS) is 30.6. The molecule has 1 radical (unpaired) electrons. The molecule has 0 atom stereocenters. The van der Waals surface area contributed by atoms with Crippen molar-refractivity contribution in [3.8, 4) is 0 Å². The Morgan fingerprint density at radius 3 is 1.89 bits per heavy atom. The summed E-state index contributed by atoms with van der Waals surface area (Å²) in [6.07, 6.45) is 15.1. The van der Waals surface area contributed by atoms with Gasteiger partial charge >= 0.3 is 0 Å². The molecule has 2 rings (SSSR count). The van der Waals surface area contributed by atoms with Crippen LogP contribution in [-0.2, 0) is 0 Å². The zero-order valence-electron chi connectivity index (χ0n) is 12.8. The smallest absolute Gasteiger partial charge is 0.0476 e. The fraction of sp³-hybridized carbons (Fsp3) is 1.00. The SMILES string of the molecule is CC[Si]1CCC(CCCCC2CCC(Br)CC2)CC1. The summed E-state index contributed by atoms with van der Waals surface area (Å²) in [5.41, 5.74) is 0. The van der Waals surface area contributed by atoms with Crippen LogP contribution in [0, 0.1) is 11.8 Å².